The molecule has 0 aliphatic carbocycles. The number of pyridine rings is 1. The average Bonchev–Trinajstić information content (AvgIpc) is 3.46. The molecule has 214 valence electrons. The van der Waals surface area contributed by atoms with Crippen molar-refractivity contribution in [2.24, 2.45) is 0 Å². The van der Waals surface area contributed by atoms with Gasteiger partial charge in [0.15, 0.2) is 11.5 Å². The predicted molar refractivity (Wildman–Crippen MR) is 157 cm³/mol. The molecule has 2 aromatic carbocycles. The number of amides is 2. The number of carbonyl (C=O) groups excluding carboxylic acids is 2. The minimum Gasteiger partial charge on any atom is -0.454 e. The number of rotatable bonds is 5. The van der Waals surface area contributed by atoms with Crippen LogP contribution in [0.15, 0.2) is 67.0 Å². The van der Waals surface area contributed by atoms with Gasteiger partial charge in [0.25, 0.3) is 0 Å². The van der Waals surface area contributed by atoms with Crippen LogP contribution in [-0.4, -0.2) is 58.6 Å². The van der Waals surface area contributed by atoms with E-state index in [4.69, 9.17) is 9.47 Å². The van der Waals surface area contributed by atoms with E-state index in [-0.39, 0.29) is 31.1 Å². The summed E-state index contributed by atoms with van der Waals surface area (Å²) in [7, 11) is 0. The molecule has 0 N–H and O–H groups in total. The standard InChI is InChI=1S/C33H38N4O4/c1-2-32(38)36-17-14-27-7-5-8-28(37(27)20-24-12-15-34-16-13-24)22-35(21-26-6-3-4-9-29(26)36)33(39)19-25-10-11-30-31(18-25)41-23-40-30/h3-4,6,9-13,15-16,18,27-28H,2,5,7-8,14,17,19-23H2,1H3. The lowest BCUT2D eigenvalue weighted by atomic mass is 9.92. The van der Waals surface area contributed by atoms with E-state index in [1.807, 2.05) is 65.5 Å². The number of carbonyl (C=O) groups is 2. The molecule has 6 rings (SSSR count). The highest BCUT2D eigenvalue weighted by Gasteiger charge is 2.35. The lowest BCUT2D eigenvalue weighted by Crippen LogP contribution is -2.52. The van der Waals surface area contributed by atoms with Crippen molar-refractivity contribution in [1.29, 1.82) is 0 Å². The van der Waals surface area contributed by atoms with Crippen molar-refractivity contribution in [1.82, 2.24) is 14.8 Å². The maximum absolute atomic E-state index is 14.1. The topological polar surface area (TPSA) is 75.2 Å². The average molecular weight is 555 g/mol. The molecule has 0 saturated carbocycles. The van der Waals surface area contributed by atoms with E-state index in [2.05, 4.69) is 28.1 Å². The van der Waals surface area contributed by atoms with Gasteiger partial charge < -0.3 is 19.3 Å². The Hall–Kier alpha value is -3.91. The molecule has 8 nitrogen and oxygen atoms in total. The molecule has 1 fully saturated rings. The third kappa shape index (κ3) is 6.07. The third-order valence-corrected chi connectivity index (χ3v) is 8.64. The van der Waals surface area contributed by atoms with Crippen LogP contribution >= 0.6 is 0 Å². The van der Waals surface area contributed by atoms with Crippen LogP contribution in [0, 0.1) is 0 Å². The highest BCUT2D eigenvalue weighted by Crippen LogP contribution is 2.34. The molecule has 0 spiro atoms. The molecule has 2 amide bonds. The number of para-hydroxylation sites is 1. The minimum atomic E-state index is 0.0669. The fraction of sp³-hybridized carbons (Fsp3) is 0.424. The van der Waals surface area contributed by atoms with Gasteiger partial charge in [-0.3, -0.25) is 19.5 Å². The van der Waals surface area contributed by atoms with Gasteiger partial charge in [-0.2, -0.15) is 0 Å². The van der Waals surface area contributed by atoms with Crippen molar-refractivity contribution in [3.8, 4) is 11.5 Å². The largest absolute Gasteiger partial charge is 0.454 e. The Labute approximate surface area is 241 Å². The second-order valence-electron chi connectivity index (χ2n) is 11.2. The zero-order chi connectivity index (χ0) is 28.2. The van der Waals surface area contributed by atoms with Crippen molar-refractivity contribution < 1.29 is 19.1 Å². The molecule has 3 aliphatic rings. The fourth-order valence-electron chi connectivity index (χ4n) is 6.49. The maximum atomic E-state index is 14.1. The van der Waals surface area contributed by atoms with E-state index in [0.29, 0.717) is 43.6 Å². The zero-order valence-electron chi connectivity index (χ0n) is 23.7. The SMILES string of the molecule is CCC(=O)N1CCC2CCCC(CN(C(=O)Cc3ccc4c(c3)OCO4)Cc3ccccc31)N2Cc1ccncc1. The first-order valence-electron chi connectivity index (χ1n) is 14.8. The molecule has 4 heterocycles. The van der Waals surface area contributed by atoms with Gasteiger partial charge in [0.2, 0.25) is 18.6 Å². The summed E-state index contributed by atoms with van der Waals surface area (Å²) >= 11 is 0. The smallest absolute Gasteiger partial charge is 0.231 e. The first-order valence-corrected chi connectivity index (χ1v) is 14.8. The van der Waals surface area contributed by atoms with Crippen LogP contribution < -0.4 is 14.4 Å². The van der Waals surface area contributed by atoms with Crippen molar-refractivity contribution >= 4 is 17.5 Å². The van der Waals surface area contributed by atoms with E-state index < -0.39 is 0 Å². The van der Waals surface area contributed by atoms with Crippen molar-refractivity contribution in [3.63, 3.8) is 0 Å². The molecule has 2 unspecified atom stereocenters. The number of aromatic nitrogens is 1. The predicted octanol–water partition coefficient (Wildman–Crippen LogP) is 4.95. The van der Waals surface area contributed by atoms with Crippen LogP contribution in [-0.2, 0) is 29.1 Å². The number of anilines is 1. The highest BCUT2D eigenvalue weighted by molar-refractivity contribution is 5.94. The number of hydrogen-bond acceptors (Lipinski definition) is 6. The maximum Gasteiger partial charge on any atom is 0.231 e. The molecular weight excluding hydrogens is 516 g/mol. The van der Waals surface area contributed by atoms with Gasteiger partial charge in [-0.15, -0.1) is 0 Å². The molecule has 1 saturated heterocycles. The summed E-state index contributed by atoms with van der Waals surface area (Å²) in [5.74, 6) is 1.58. The van der Waals surface area contributed by atoms with Gasteiger partial charge in [0.05, 0.1) is 6.42 Å². The van der Waals surface area contributed by atoms with Gasteiger partial charge in [-0.25, -0.2) is 0 Å². The summed E-state index contributed by atoms with van der Waals surface area (Å²) in [6, 6.07) is 18.5. The Morgan fingerprint density at radius 1 is 0.902 bits per heavy atom. The number of hydrogen-bond donors (Lipinski definition) is 0. The van der Waals surface area contributed by atoms with Crippen molar-refractivity contribution in [2.75, 3.05) is 24.8 Å². The fourth-order valence-corrected chi connectivity index (χ4v) is 6.49. The lowest BCUT2D eigenvalue weighted by Gasteiger charge is -2.44. The number of piperidine rings is 1. The van der Waals surface area contributed by atoms with Crippen LogP contribution in [0.2, 0.25) is 0 Å². The lowest BCUT2D eigenvalue weighted by molar-refractivity contribution is -0.132. The van der Waals surface area contributed by atoms with E-state index in [1.54, 1.807) is 0 Å². The van der Waals surface area contributed by atoms with Crippen molar-refractivity contribution in [2.45, 2.75) is 70.6 Å². The molecule has 2 atom stereocenters. The second-order valence-corrected chi connectivity index (χ2v) is 11.2. The molecule has 8 heteroatoms. The van der Waals surface area contributed by atoms with Crippen LogP contribution in [0.5, 0.6) is 11.5 Å². The number of fused-ring (bicyclic) bond motifs is 4. The Morgan fingerprint density at radius 2 is 1.71 bits per heavy atom. The third-order valence-electron chi connectivity index (χ3n) is 8.64. The van der Waals surface area contributed by atoms with Crippen LogP contribution in [0.1, 0.15) is 55.7 Å². The molecule has 0 radical (unpaired) electrons. The van der Waals surface area contributed by atoms with Gasteiger partial charge in [-0.1, -0.05) is 37.6 Å². The Kier molecular flexibility index (Phi) is 8.19. The normalized spacial score (nSPS) is 20.7. The Balaban J connectivity index is 1.35. The summed E-state index contributed by atoms with van der Waals surface area (Å²) in [5.41, 5.74) is 4.04. The summed E-state index contributed by atoms with van der Waals surface area (Å²) in [5, 5.41) is 0. The van der Waals surface area contributed by atoms with E-state index >= 15 is 0 Å². The Bertz CT molecular complexity index is 1380. The molecule has 2 bridgehead atoms. The first kappa shape index (κ1) is 27.3. The second kappa shape index (κ2) is 12.3. The molecule has 3 aromatic rings. The number of ether oxygens (including phenoxy) is 2. The van der Waals surface area contributed by atoms with Gasteiger partial charge >= 0.3 is 0 Å². The highest BCUT2D eigenvalue weighted by atomic mass is 16.7. The van der Waals surface area contributed by atoms with E-state index in [1.165, 1.54) is 5.56 Å². The molecule has 1 aromatic heterocycles. The van der Waals surface area contributed by atoms with Gasteiger partial charge in [0.1, 0.15) is 0 Å². The quantitative estimate of drug-likeness (QED) is 0.444. The first-order chi connectivity index (χ1) is 20.1. The van der Waals surface area contributed by atoms with Crippen LogP contribution in [0.4, 0.5) is 5.69 Å². The molecular formula is C33H38N4O4. The summed E-state index contributed by atoms with van der Waals surface area (Å²) in [6.07, 6.45) is 8.53. The van der Waals surface area contributed by atoms with Gasteiger partial charge in [0, 0.05) is 62.8 Å². The molecule has 3 aliphatic heterocycles. The summed E-state index contributed by atoms with van der Waals surface area (Å²) in [4.78, 5) is 38.1. The van der Waals surface area contributed by atoms with E-state index in [0.717, 1.165) is 49.0 Å². The minimum absolute atomic E-state index is 0.0669. The Morgan fingerprint density at radius 3 is 2.56 bits per heavy atom. The van der Waals surface area contributed by atoms with E-state index in [9.17, 15) is 9.59 Å². The van der Waals surface area contributed by atoms with Crippen LogP contribution in [0.3, 0.4) is 0 Å². The molecule has 41 heavy (non-hydrogen) atoms. The van der Waals surface area contributed by atoms with Crippen molar-refractivity contribution in [3.05, 3.63) is 83.7 Å². The summed E-state index contributed by atoms with van der Waals surface area (Å²) < 4.78 is 11.0. The zero-order valence-corrected chi connectivity index (χ0v) is 23.7. The summed E-state index contributed by atoms with van der Waals surface area (Å²) in [6.45, 7) is 4.69. The number of benzene rings is 2. The monoisotopic (exact) mass is 554 g/mol. The van der Waals surface area contributed by atoms with Gasteiger partial charge in [-0.05, 0) is 66.3 Å². The number of nitrogens with zero attached hydrogens (tertiary/aromatic N) is 4. The van der Waals surface area contributed by atoms with Crippen LogP contribution in [0.25, 0.3) is 0 Å².